The Bertz CT molecular complexity index is 583. The molecule has 20 heavy (non-hydrogen) atoms. The molecule has 0 unspecified atom stereocenters. The van der Waals surface area contributed by atoms with Crippen molar-refractivity contribution in [3.63, 3.8) is 0 Å². The number of nitrogens with zero attached hydrogens (tertiary/aromatic N) is 1. The molecule has 1 amide bonds. The fourth-order valence-corrected chi connectivity index (χ4v) is 2.94. The van der Waals surface area contributed by atoms with Crippen LogP contribution in [0.2, 0.25) is 0 Å². The molecule has 0 aliphatic carbocycles. The van der Waals surface area contributed by atoms with Gasteiger partial charge in [-0.05, 0) is 24.6 Å². The van der Waals surface area contributed by atoms with Crippen LogP contribution >= 0.6 is 0 Å². The minimum Gasteiger partial charge on any atom is -0.333 e. The van der Waals surface area contributed by atoms with Gasteiger partial charge in [-0.15, -0.1) is 0 Å². The lowest BCUT2D eigenvalue weighted by Gasteiger charge is -2.34. The molecule has 0 saturated carbocycles. The third kappa shape index (κ3) is 3.78. The van der Waals surface area contributed by atoms with E-state index in [-0.39, 0.29) is 17.7 Å². The van der Waals surface area contributed by atoms with Crippen LogP contribution in [0.1, 0.15) is 22.8 Å². The first-order chi connectivity index (χ1) is 9.37. The molecule has 1 aromatic rings. The summed E-state index contributed by atoms with van der Waals surface area (Å²) < 4.78 is 22.0. The van der Waals surface area contributed by atoms with Crippen LogP contribution in [0.25, 0.3) is 0 Å². The number of carbonyl (C=O) groups excluding carboxylic acids is 1. The van der Waals surface area contributed by atoms with Gasteiger partial charge in [0.15, 0.2) is 0 Å². The Labute approximate surface area is 119 Å². The van der Waals surface area contributed by atoms with Crippen molar-refractivity contribution in [1.29, 1.82) is 0 Å². The van der Waals surface area contributed by atoms with E-state index in [9.17, 15) is 13.2 Å². The Kier molecular flexibility index (Phi) is 4.42. The Balaban J connectivity index is 2.11. The van der Waals surface area contributed by atoms with Gasteiger partial charge < -0.3 is 10.2 Å². The number of carbonyl (C=O) groups is 1. The van der Waals surface area contributed by atoms with Crippen LogP contribution in [0.4, 0.5) is 0 Å². The molecule has 1 atom stereocenters. The molecule has 0 spiro atoms. The van der Waals surface area contributed by atoms with Gasteiger partial charge in [-0.3, -0.25) is 4.79 Å². The van der Waals surface area contributed by atoms with Gasteiger partial charge in [0, 0.05) is 31.2 Å². The highest BCUT2D eigenvalue weighted by atomic mass is 32.2. The number of piperazine rings is 1. The lowest BCUT2D eigenvalue weighted by atomic mass is 10.1. The fraction of sp³-hybridized carbons (Fsp3) is 0.462. The predicted molar refractivity (Wildman–Crippen MR) is 76.6 cm³/mol. The quantitative estimate of drug-likeness (QED) is 0.815. The molecule has 1 aromatic carbocycles. The maximum atomic E-state index is 12.4. The highest BCUT2D eigenvalue weighted by Crippen LogP contribution is 2.12. The van der Waals surface area contributed by atoms with Crippen LogP contribution < -0.4 is 10.5 Å². The fourth-order valence-electron chi connectivity index (χ4n) is 2.28. The van der Waals surface area contributed by atoms with Crippen LogP contribution in [0.5, 0.6) is 0 Å². The van der Waals surface area contributed by atoms with E-state index in [2.05, 4.69) is 5.32 Å². The second-order valence-electron chi connectivity index (χ2n) is 5.06. The molecular weight excluding hydrogens is 278 g/mol. The first-order valence-electron chi connectivity index (χ1n) is 6.48. The summed E-state index contributed by atoms with van der Waals surface area (Å²) in [5, 5.41) is 8.22. The first-order valence-corrected chi connectivity index (χ1v) is 8.19. The first kappa shape index (κ1) is 15.0. The standard InChI is InChI=1S/C13H19N3O3S/c1-10-8-15-6-7-16(10)13(17)12-4-2-11(3-5-12)9-20(14,18)19/h2-5,10,15H,6-9H2,1H3,(H2,14,18,19)/t10-/m1/s1. The maximum absolute atomic E-state index is 12.4. The number of amides is 1. The van der Waals surface area contributed by atoms with Gasteiger partial charge in [-0.2, -0.15) is 0 Å². The van der Waals surface area contributed by atoms with Crippen LogP contribution in [0, 0.1) is 0 Å². The minimum absolute atomic E-state index is 0.0267. The monoisotopic (exact) mass is 297 g/mol. The third-order valence-electron chi connectivity index (χ3n) is 3.33. The lowest BCUT2D eigenvalue weighted by molar-refractivity contribution is 0.0656. The third-order valence-corrected chi connectivity index (χ3v) is 4.07. The molecule has 1 fully saturated rings. The van der Waals surface area contributed by atoms with Gasteiger partial charge in [0.05, 0.1) is 5.75 Å². The largest absolute Gasteiger partial charge is 0.333 e. The summed E-state index contributed by atoms with van der Waals surface area (Å²) in [5.41, 5.74) is 1.15. The number of hydrogen-bond acceptors (Lipinski definition) is 4. The molecule has 0 aromatic heterocycles. The number of nitrogens with one attached hydrogen (secondary N) is 1. The molecule has 110 valence electrons. The molecular formula is C13H19N3O3S. The van der Waals surface area contributed by atoms with Crippen LogP contribution in [-0.2, 0) is 15.8 Å². The molecule has 1 heterocycles. The van der Waals surface area contributed by atoms with Gasteiger partial charge in [-0.1, -0.05) is 12.1 Å². The minimum atomic E-state index is -3.54. The average Bonchev–Trinajstić information content (AvgIpc) is 2.37. The van der Waals surface area contributed by atoms with Crippen molar-refractivity contribution in [1.82, 2.24) is 10.2 Å². The van der Waals surface area contributed by atoms with Crippen molar-refractivity contribution in [2.45, 2.75) is 18.7 Å². The summed E-state index contributed by atoms with van der Waals surface area (Å²) in [6.07, 6.45) is 0. The highest BCUT2D eigenvalue weighted by Gasteiger charge is 2.23. The summed E-state index contributed by atoms with van der Waals surface area (Å²) in [6, 6.07) is 6.71. The van der Waals surface area contributed by atoms with Crippen molar-refractivity contribution in [2.24, 2.45) is 5.14 Å². The van der Waals surface area contributed by atoms with Crippen molar-refractivity contribution >= 4 is 15.9 Å². The Morgan fingerprint density at radius 1 is 1.40 bits per heavy atom. The van der Waals surface area contributed by atoms with E-state index in [0.717, 1.165) is 13.1 Å². The number of rotatable bonds is 3. The van der Waals surface area contributed by atoms with Gasteiger partial charge in [-0.25, -0.2) is 13.6 Å². The Hall–Kier alpha value is -1.44. The SMILES string of the molecule is C[C@@H]1CNCCN1C(=O)c1ccc(CS(N)(=O)=O)cc1. The molecule has 1 aliphatic rings. The topological polar surface area (TPSA) is 92.5 Å². The molecule has 7 heteroatoms. The smallest absolute Gasteiger partial charge is 0.254 e. The summed E-state index contributed by atoms with van der Waals surface area (Å²) in [7, 11) is -3.54. The summed E-state index contributed by atoms with van der Waals surface area (Å²) >= 11 is 0. The molecule has 0 bridgehead atoms. The Morgan fingerprint density at radius 3 is 2.60 bits per heavy atom. The summed E-state index contributed by atoms with van der Waals surface area (Å²) in [4.78, 5) is 14.2. The van der Waals surface area contributed by atoms with Gasteiger partial charge in [0.1, 0.15) is 0 Å². The van der Waals surface area contributed by atoms with E-state index in [1.165, 1.54) is 0 Å². The second kappa shape index (κ2) is 5.90. The molecule has 0 radical (unpaired) electrons. The van der Waals surface area contributed by atoms with Crippen molar-refractivity contribution in [3.8, 4) is 0 Å². The van der Waals surface area contributed by atoms with E-state index in [4.69, 9.17) is 5.14 Å². The zero-order valence-corrected chi connectivity index (χ0v) is 12.2. The summed E-state index contributed by atoms with van der Waals surface area (Å²) in [6.45, 7) is 4.26. The van der Waals surface area contributed by atoms with Gasteiger partial charge >= 0.3 is 0 Å². The number of nitrogens with two attached hydrogens (primary N) is 1. The zero-order valence-electron chi connectivity index (χ0n) is 11.4. The van der Waals surface area contributed by atoms with E-state index in [0.29, 0.717) is 17.7 Å². The lowest BCUT2D eigenvalue weighted by Crippen LogP contribution is -2.52. The van der Waals surface area contributed by atoms with Gasteiger partial charge in [0.25, 0.3) is 5.91 Å². The molecule has 6 nitrogen and oxygen atoms in total. The Morgan fingerprint density at radius 2 is 2.05 bits per heavy atom. The van der Waals surface area contributed by atoms with E-state index >= 15 is 0 Å². The normalized spacial score (nSPS) is 19.9. The number of hydrogen-bond donors (Lipinski definition) is 2. The number of benzene rings is 1. The molecule has 1 saturated heterocycles. The van der Waals surface area contributed by atoms with Crippen molar-refractivity contribution in [3.05, 3.63) is 35.4 Å². The molecule has 1 aliphatic heterocycles. The average molecular weight is 297 g/mol. The van der Waals surface area contributed by atoms with Crippen molar-refractivity contribution < 1.29 is 13.2 Å². The number of primary sulfonamides is 1. The maximum Gasteiger partial charge on any atom is 0.254 e. The van der Waals surface area contributed by atoms with Crippen LogP contribution in [-0.4, -0.2) is 44.9 Å². The second-order valence-corrected chi connectivity index (χ2v) is 6.67. The van der Waals surface area contributed by atoms with Crippen LogP contribution in [0.3, 0.4) is 0 Å². The molecule has 3 N–H and O–H groups in total. The zero-order chi connectivity index (χ0) is 14.8. The van der Waals surface area contributed by atoms with Crippen molar-refractivity contribution in [2.75, 3.05) is 19.6 Å². The highest BCUT2D eigenvalue weighted by molar-refractivity contribution is 7.88. The number of sulfonamides is 1. The van der Waals surface area contributed by atoms with Crippen LogP contribution in [0.15, 0.2) is 24.3 Å². The van der Waals surface area contributed by atoms with E-state index in [1.54, 1.807) is 24.3 Å². The molecule has 2 rings (SSSR count). The summed E-state index contributed by atoms with van der Waals surface area (Å²) in [5.74, 6) is -0.243. The van der Waals surface area contributed by atoms with Gasteiger partial charge in [0.2, 0.25) is 10.0 Å². The predicted octanol–water partition coefficient (Wildman–Crippen LogP) is -0.0910. The van der Waals surface area contributed by atoms with E-state index < -0.39 is 10.0 Å². The van der Waals surface area contributed by atoms with E-state index in [1.807, 2.05) is 11.8 Å².